The lowest BCUT2D eigenvalue weighted by atomic mass is 9.90. The summed E-state index contributed by atoms with van der Waals surface area (Å²) in [6.45, 7) is 0. The van der Waals surface area contributed by atoms with E-state index in [2.05, 4.69) is 5.32 Å². The van der Waals surface area contributed by atoms with Crippen molar-refractivity contribution >= 4 is 29.2 Å². The average molecular weight is 423 g/mol. The number of aliphatic carboxylic acids is 2. The fraction of sp³-hybridized carbons (Fsp3) is 0.174. The smallest absolute Gasteiger partial charge is 0.326 e. The van der Waals surface area contributed by atoms with Gasteiger partial charge in [0, 0.05) is 17.2 Å². The summed E-state index contributed by atoms with van der Waals surface area (Å²) in [6, 6.07) is 22.2. The summed E-state index contributed by atoms with van der Waals surface area (Å²) in [5, 5.41) is 20.5. The molecule has 1 atom stereocenters. The third-order valence-electron chi connectivity index (χ3n) is 4.65. The van der Waals surface area contributed by atoms with E-state index in [-0.39, 0.29) is 18.8 Å². The van der Waals surface area contributed by atoms with Crippen molar-refractivity contribution in [3.05, 3.63) is 93.7 Å². The minimum atomic E-state index is -1.26. The van der Waals surface area contributed by atoms with Crippen LogP contribution < -0.4 is 5.32 Å². The molecule has 0 aliphatic carbocycles. The summed E-state index contributed by atoms with van der Waals surface area (Å²) in [5.74, 6) is -2.94. The number of carboxylic acids is 2. The number of carboxylic acid groups (broad SMARTS) is 2. The monoisotopic (exact) mass is 423 g/mol. The molecule has 0 fully saturated rings. The second-order valence-corrected chi connectivity index (χ2v) is 7.87. The second kappa shape index (κ2) is 9.84. The first kappa shape index (κ1) is 21.3. The lowest BCUT2D eigenvalue weighted by Gasteiger charge is -2.17. The average Bonchev–Trinajstić information content (AvgIpc) is 3.22. The number of hydrogen-bond donors (Lipinski definition) is 3. The Morgan fingerprint density at radius 1 is 0.833 bits per heavy atom. The molecule has 0 saturated carbocycles. The van der Waals surface area contributed by atoms with E-state index in [0.29, 0.717) is 4.88 Å². The number of amides is 1. The second-order valence-electron chi connectivity index (χ2n) is 6.75. The predicted octanol–water partition coefficient (Wildman–Crippen LogP) is 3.98. The van der Waals surface area contributed by atoms with Crippen molar-refractivity contribution in [1.29, 1.82) is 0 Å². The van der Waals surface area contributed by atoms with Gasteiger partial charge in [-0.1, -0.05) is 60.7 Å². The van der Waals surface area contributed by atoms with Gasteiger partial charge in [-0.25, -0.2) is 4.79 Å². The summed E-state index contributed by atoms with van der Waals surface area (Å²) >= 11 is 1.30. The normalized spacial score (nSPS) is 11.8. The van der Waals surface area contributed by atoms with E-state index in [1.54, 1.807) is 6.07 Å². The topological polar surface area (TPSA) is 104 Å². The number of benzene rings is 2. The predicted molar refractivity (Wildman–Crippen MR) is 114 cm³/mol. The number of hydrogen-bond acceptors (Lipinski definition) is 4. The molecule has 0 saturated heterocycles. The van der Waals surface area contributed by atoms with Crippen LogP contribution in [0, 0.1) is 0 Å². The molecule has 1 amide bonds. The Morgan fingerprint density at radius 3 is 1.90 bits per heavy atom. The van der Waals surface area contributed by atoms with Crippen LogP contribution in [-0.2, 0) is 9.59 Å². The van der Waals surface area contributed by atoms with Gasteiger partial charge < -0.3 is 15.5 Å². The van der Waals surface area contributed by atoms with Crippen LogP contribution in [0.25, 0.3) is 0 Å². The zero-order valence-corrected chi connectivity index (χ0v) is 16.8. The lowest BCUT2D eigenvalue weighted by Crippen LogP contribution is -2.40. The van der Waals surface area contributed by atoms with Crippen LogP contribution in [0.1, 0.15) is 44.4 Å². The van der Waals surface area contributed by atoms with Crippen molar-refractivity contribution in [3.63, 3.8) is 0 Å². The van der Waals surface area contributed by atoms with Gasteiger partial charge in [-0.15, -0.1) is 11.3 Å². The molecule has 6 nitrogen and oxygen atoms in total. The van der Waals surface area contributed by atoms with Crippen molar-refractivity contribution in [2.75, 3.05) is 0 Å². The molecule has 2 aromatic carbocycles. The van der Waals surface area contributed by atoms with E-state index < -0.39 is 23.9 Å². The Hall–Kier alpha value is -3.45. The van der Waals surface area contributed by atoms with Crippen molar-refractivity contribution in [2.24, 2.45) is 0 Å². The van der Waals surface area contributed by atoms with Gasteiger partial charge in [0.15, 0.2) is 0 Å². The first-order valence-electron chi connectivity index (χ1n) is 9.41. The Kier molecular flexibility index (Phi) is 6.98. The molecule has 3 aromatic rings. The van der Waals surface area contributed by atoms with Crippen LogP contribution in [-0.4, -0.2) is 34.1 Å². The summed E-state index contributed by atoms with van der Waals surface area (Å²) in [7, 11) is 0. The molecule has 3 rings (SSSR count). The van der Waals surface area contributed by atoms with Gasteiger partial charge in [-0.05, 0) is 29.7 Å². The number of rotatable bonds is 9. The van der Waals surface area contributed by atoms with Gasteiger partial charge in [0.25, 0.3) is 5.91 Å². The van der Waals surface area contributed by atoms with Crippen LogP contribution in [0.15, 0.2) is 72.8 Å². The Labute approximate surface area is 177 Å². The molecule has 1 heterocycles. The number of carbonyl (C=O) groups is 3. The fourth-order valence-electron chi connectivity index (χ4n) is 3.20. The van der Waals surface area contributed by atoms with Gasteiger partial charge in [-0.2, -0.15) is 0 Å². The molecule has 0 spiro atoms. The summed E-state index contributed by atoms with van der Waals surface area (Å²) < 4.78 is 0. The fourth-order valence-corrected chi connectivity index (χ4v) is 4.26. The molecule has 0 aliphatic heterocycles. The molecule has 0 bridgehead atoms. The molecule has 1 aromatic heterocycles. The van der Waals surface area contributed by atoms with Crippen molar-refractivity contribution in [3.8, 4) is 0 Å². The van der Waals surface area contributed by atoms with Gasteiger partial charge in [0.2, 0.25) is 0 Å². The minimum Gasteiger partial charge on any atom is -0.481 e. The first-order valence-corrected chi connectivity index (χ1v) is 10.2. The maximum absolute atomic E-state index is 12.6. The Balaban J connectivity index is 1.84. The third-order valence-corrected chi connectivity index (χ3v) is 5.80. The Morgan fingerprint density at radius 2 is 1.40 bits per heavy atom. The first-order chi connectivity index (χ1) is 14.5. The van der Waals surface area contributed by atoms with Crippen LogP contribution in [0.5, 0.6) is 0 Å². The van der Waals surface area contributed by atoms with E-state index >= 15 is 0 Å². The standard InChI is InChI=1S/C23H21NO5S/c25-20(26)14-11-17(23(28)29)24-22(27)19-13-12-18(30-19)21(15-7-3-1-4-8-15)16-9-5-2-6-10-16/h1-10,12-13,17,21H,11,14H2,(H,24,27)(H,25,26)(H,28,29)/t17-/m0/s1. The largest absolute Gasteiger partial charge is 0.481 e. The molecule has 154 valence electrons. The van der Waals surface area contributed by atoms with E-state index in [0.717, 1.165) is 16.0 Å². The van der Waals surface area contributed by atoms with Crippen LogP contribution in [0.2, 0.25) is 0 Å². The number of carbonyl (C=O) groups excluding carboxylic acids is 1. The molecule has 3 N–H and O–H groups in total. The van der Waals surface area contributed by atoms with E-state index in [1.807, 2.05) is 66.7 Å². The van der Waals surface area contributed by atoms with Crippen molar-refractivity contribution in [2.45, 2.75) is 24.8 Å². The zero-order valence-electron chi connectivity index (χ0n) is 16.0. The van der Waals surface area contributed by atoms with Gasteiger partial charge in [0.05, 0.1) is 4.88 Å². The van der Waals surface area contributed by atoms with Crippen molar-refractivity contribution < 1.29 is 24.6 Å². The third kappa shape index (κ3) is 5.33. The lowest BCUT2D eigenvalue weighted by molar-refractivity contribution is -0.140. The van der Waals surface area contributed by atoms with E-state index in [1.165, 1.54) is 11.3 Å². The summed E-state index contributed by atoms with van der Waals surface area (Å²) in [4.78, 5) is 36.0. The maximum atomic E-state index is 12.6. The van der Waals surface area contributed by atoms with E-state index in [4.69, 9.17) is 5.11 Å². The highest BCUT2D eigenvalue weighted by Gasteiger charge is 2.24. The Bertz CT molecular complexity index is 977. The van der Waals surface area contributed by atoms with Gasteiger partial charge >= 0.3 is 11.9 Å². The quantitative estimate of drug-likeness (QED) is 0.483. The van der Waals surface area contributed by atoms with Crippen LogP contribution in [0.4, 0.5) is 0 Å². The highest BCUT2D eigenvalue weighted by atomic mass is 32.1. The van der Waals surface area contributed by atoms with Crippen LogP contribution >= 0.6 is 11.3 Å². The molecule has 7 heteroatoms. The van der Waals surface area contributed by atoms with Crippen LogP contribution in [0.3, 0.4) is 0 Å². The highest BCUT2D eigenvalue weighted by Crippen LogP contribution is 2.36. The number of thiophene rings is 1. The number of nitrogens with one attached hydrogen (secondary N) is 1. The molecule has 0 unspecified atom stereocenters. The summed E-state index contributed by atoms with van der Waals surface area (Å²) in [6.07, 6.45) is -0.512. The molecular weight excluding hydrogens is 402 g/mol. The molecular formula is C23H21NO5S. The molecule has 0 radical (unpaired) electrons. The zero-order chi connectivity index (χ0) is 21.5. The van der Waals surface area contributed by atoms with Gasteiger partial charge in [0.1, 0.15) is 6.04 Å². The molecule has 30 heavy (non-hydrogen) atoms. The summed E-state index contributed by atoms with van der Waals surface area (Å²) in [5.41, 5.74) is 2.17. The van der Waals surface area contributed by atoms with Crippen molar-refractivity contribution in [1.82, 2.24) is 5.32 Å². The molecule has 0 aliphatic rings. The SMILES string of the molecule is O=C(O)CC[C@H](NC(=O)c1ccc(C(c2ccccc2)c2ccccc2)s1)C(=O)O. The minimum absolute atomic E-state index is 0.0544. The maximum Gasteiger partial charge on any atom is 0.326 e. The van der Waals surface area contributed by atoms with E-state index in [9.17, 15) is 19.5 Å². The highest BCUT2D eigenvalue weighted by molar-refractivity contribution is 7.14. The van der Waals surface area contributed by atoms with Gasteiger partial charge in [-0.3, -0.25) is 9.59 Å².